The third-order valence-corrected chi connectivity index (χ3v) is 3.58. The van der Waals surface area contributed by atoms with Crippen LogP contribution in [0.2, 0.25) is 5.02 Å². The van der Waals surface area contributed by atoms with Crippen LogP contribution >= 0.6 is 11.6 Å². The fraction of sp³-hybridized carbons (Fsp3) is 0.538. The zero-order valence-corrected chi connectivity index (χ0v) is 11.0. The third-order valence-electron chi connectivity index (χ3n) is 3.29. The fourth-order valence-corrected chi connectivity index (χ4v) is 2.48. The molecule has 94 valence electrons. The number of rotatable bonds is 2. The van der Waals surface area contributed by atoms with Crippen molar-refractivity contribution >= 4 is 17.3 Å². The highest BCUT2D eigenvalue weighted by Crippen LogP contribution is 2.26. The van der Waals surface area contributed by atoms with Gasteiger partial charge in [0.05, 0.1) is 5.02 Å². The molecule has 0 amide bonds. The van der Waals surface area contributed by atoms with Crippen LogP contribution in [-0.2, 0) is 0 Å². The number of piperazine rings is 1. The molecule has 2 rings (SSSR count). The quantitative estimate of drug-likeness (QED) is 0.875. The second-order valence-corrected chi connectivity index (χ2v) is 5.21. The standard InChI is InChI=1S/C13H18ClFN2/c1-9(2)13-8-16-5-6-17(13)10-3-4-12(15)11(14)7-10/h3-4,7,9,13,16H,5-6,8H2,1-2H3. The van der Waals surface area contributed by atoms with Crippen molar-refractivity contribution in [3.63, 3.8) is 0 Å². The molecule has 4 heteroatoms. The van der Waals surface area contributed by atoms with Crippen molar-refractivity contribution in [3.05, 3.63) is 29.0 Å². The molecule has 0 radical (unpaired) electrons. The summed E-state index contributed by atoms with van der Waals surface area (Å²) in [6.45, 7) is 7.27. The van der Waals surface area contributed by atoms with E-state index in [0.29, 0.717) is 12.0 Å². The normalized spacial score (nSPS) is 21.0. The Morgan fingerprint density at radius 1 is 1.47 bits per heavy atom. The summed E-state index contributed by atoms with van der Waals surface area (Å²) in [6, 6.07) is 5.40. The van der Waals surface area contributed by atoms with E-state index in [1.54, 1.807) is 6.07 Å². The molecule has 1 aromatic carbocycles. The minimum atomic E-state index is -0.355. The van der Waals surface area contributed by atoms with E-state index in [2.05, 4.69) is 24.1 Å². The molecule has 0 spiro atoms. The van der Waals surface area contributed by atoms with Crippen molar-refractivity contribution < 1.29 is 4.39 Å². The van der Waals surface area contributed by atoms with E-state index < -0.39 is 0 Å². The molecule has 1 atom stereocenters. The highest BCUT2D eigenvalue weighted by atomic mass is 35.5. The van der Waals surface area contributed by atoms with Gasteiger partial charge in [-0.1, -0.05) is 25.4 Å². The molecule has 1 fully saturated rings. The summed E-state index contributed by atoms with van der Waals surface area (Å²) in [4.78, 5) is 2.31. The lowest BCUT2D eigenvalue weighted by Crippen LogP contribution is -2.53. The lowest BCUT2D eigenvalue weighted by molar-refractivity contribution is 0.390. The Morgan fingerprint density at radius 2 is 2.24 bits per heavy atom. The molecule has 17 heavy (non-hydrogen) atoms. The van der Waals surface area contributed by atoms with Crippen molar-refractivity contribution in [2.45, 2.75) is 19.9 Å². The number of halogens is 2. The van der Waals surface area contributed by atoms with Gasteiger partial charge in [-0.3, -0.25) is 0 Å². The van der Waals surface area contributed by atoms with Crippen LogP contribution in [0.5, 0.6) is 0 Å². The van der Waals surface area contributed by atoms with Crippen LogP contribution in [0.15, 0.2) is 18.2 Å². The molecule has 0 aliphatic carbocycles. The summed E-state index contributed by atoms with van der Waals surface area (Å²) in [6.07, 6.45) is 0. The zero-order chi connectivity index (χ0) is 12.4. The van der Waals surface area contributed by atoms with E-state index in [-0.39, 0.29) is 10.8 Å². The average Bonchev–Trinajstić information content (AvgIpc) is 2.32. The van der Waals surface area contributed by atoms with Gasteiger partial charge in [0.25, 0.3) is 0 Å². The van der Waals surface area contributed by atoms with Crippen LogP contribution in [0.3, 0.4) is 0 Å². The minimum Gasteiger partial charge on any atom is -0.366 e. The van der Waals surface area contributed by atoms with E-state index in [0.717, 1.165) is 25.3 Å². The number of nitrogens with one attached hydrogen (secondary N) is 1. The van der Waals surface area contributed by atoms with Crippen molar-refractivity contribution in [1.29, 1.82) is 0 Å². The first-order chi connectivity index (χ1) is 8.09. The van der Waals surface area contributed by atoms with Crippen molar-refractivity contribution in [3.8, 4) is 0 Å². The highest BCUT2D eigenvalue weighted by molar-refractivity contribution is 6.31. The summed E-state index contributed by atoms with van der Waals surface area (Å²) in [5, 5.41) is 3.59. The van der Waals surface area contributed by atoms with Crippen molar-refractivity contribution in [2.75, 3.05) is 24.5 Å². The Kier molecular flexibility index (Phi) is 3.89. The van der Waals surface area contributed by atoms with Gasteiger partial charge in [-0.05, 0) is 24.1 Å². The Morgan fingerprint density at radius 3 is 2.88 bits per heavy atom. The maximum absolute atomic E-state index is 13.2. The fourth-order valence-electron chi connectivity index (χ4n) is 2.31. The van der Waals surface area contributed by atoms with E-state index >= 15 is 0 Å². The van der Waals surface area contributed by atoms with Gasteiger partial charge in [0, 0.05) is 31.4 Å². The predicted octanol–water partition coefficient (Wildman–Crippen LogP) is 2.91. The Hall–Kier alpha value is -0.800. The second kappa shape index (κ2) is 5.23. The number of hydrogen-bond acceptors (Lipinski definition) is 2. The largest absolute Gasteiger partial charge is 0.366 e. The Bertz CT molecular complexity index is 395. The van der Waals surface area contributed by atoms with Crippen LogP contribution in [-0.4, -0.2) is 25.7 Å². The van der Waals surface area contributed by atoms with E-state index in [1.807, 2.05) is 6.07 Å². The first-order valence-electron chi connectivity index (χ1n) is 6.02. The van der Waals surface area contributed by atoms with Gasteiger partial charge in [-0.25, -0.2) is 4.39 Å². The SMILES string of the molecule is CC(C)C1CNCCN1c1ccc(F)c(Cl)c1. The molecule has 0 saturated carbocycles. The van der Waals surface area contributed by atoms with Gasteiger partial charge < -0.3 is 10.2 Å². The second-order valence-electron chi connectivity index (χ2n) is 4.81. The van der Waals surface area contributed by atoms with Crippen molar-refractivity contribution in [2.24, 2.45) is 5.92 Å². The maximum Gasteiger partial charge on any atom is 0.141 e. The monoisotopic (exact) mass is 256 g/mol. The van der Waals surface area contributed by atoms with E-state index in [9.17, 15) is 4.39 Å². The summed E-state index contributed by atoms with van der Waals surface area (Å²) in [5.41, 5.74) is 1.01. The third kappa shape index (κ3) is 2.72. The summed E-state index contributed by atoms with van der Waals surface area (Å²) < 4.78 is 13.2. The van der Waals surface area contributed by atoms with Crippen molar-refractivity contribution in [1.82, 2.24) is 5.32 Å². The molecule has 1 aliphatic rings. The number of benzene rings is 1. The van der Waals surface area contributed by atoms with Gasteiger partial charge in [-0.15, -0.1) is 0 Å². The topological polar surface area (TPSA) is 15.3 Å². The molecular weight excluding hydrogens is 239 g/mol. The number of nitrogens with zero attached hydrogens (tertiary/aromatic N) is 1. The smallest absolute Gasteiger partial charge is 0.141 e. The van der Waals surface area contributed by atoms with Crippen LogP contribution in [0.1, 0.15) is 13.8 Å². The molecule has 1 N–H and O–H groups in total. The predicted molar refractivity (Wildman–Crippen MR) is 70.3 cm³/mol. The van der Waals surface area contributed by atoms with Crippen LogP contribution in [0, 0.1) is 11.7 Å². The summed E-state index contributed by atoms with van der Waals surface area (Å²) >= 11 is 5.84. The lowest BCUT2D eigenvalue weighted by atomic mass is 10.00. The van der Waals surface area contributed by atoms with Gasteiger partial charge >= 0.3 is 0 Å². The molecular formula is C13H18ClFN2. The Balaban J connectivity index is 2.26. The average molecular weight is 257 g/mol. The Labute approximate surface area is 107 Å². The van der Waals surface area contributed by atoms with Crippen LogP contribution in [0.25, 0.3) is 0 Å². The molecule has 1 aliphatic heterocycles. The minimum absolute atomic E-state index is 0.198. The van der Waals surface area contributed by atoms with Crippen LogP contribution < -0.4 is 10.2 Å². The molecule has 2 nitrogen and oxygen atoms in total. The molecule has 0 aromatic heterocycles. The molecule has 1 saturated heterocycles. The van der Waals surface area contributed by atoms with E-state index in [1.165, 1.54) is 6.07 Å². The zero-order valence-electron chi connectivity index (χ0n) is 10.2. The van der Waals surface area contributed by atoms with Crippen LogP contribution in [0.4, 0.5) is 10.1 Å². The molecule has 1 heterocycles. The summed E-state index contributed by atoms with van der Waals surface area (Å²) in [5.74, 6) is 0.193. The van der Waals surface area contributed by atoms with Gasteiger partial charge in [0.1, 0.15) is 5.82 Å². The molecule has 0 bridgehead atoms. The summed E-state index contributed by atoms with van der Waals surface area (Å²) in [7, 11) is 0. The van der Waals surface area contributed by atoms with E-state index in [4.69, 9.17) is 11.6 Å². The number of hydrogen-bond donors (Lipinski definition) is 1. The maximum atomic E-state index is 13.2. The molecule has 1 unspecified atom stereocenters. The number of anilines is 1. The highest BCUT2D eigenvalue weighted by Gasteiger charge is 2.25. The molecule has 1 aromatic rings. The van der Waals surface area contributed by atoms with Gasteiger partial charge in [-0.2, -0.15) is 0 Å². The van der Waals surface area contributed by atoms with Gasteiger partial charge in [0.2, 0.25) is 0 Å². The lowest BCUT2D eigenvalue weighted by Gasteiger charge is -2.40. The van der Waals surface area contributed by atoms with Gasteiger partial charge in [0.15, 0.2) is 0 Å². The first-order valence-corrected chi connectivity index (χ1v) is 6.40. The first kappa shape index (κ1) is 12.7.